The number of carbonyl (C=O) groups is 4. The molecule has 1 amide bonds. The number of methoxy groups -OCH3 is 3. The highest BCUT2D eigenvalue weighted by molar-refractivity contribution is 9.11. The van der Waals surface area contributed by atoms with E-state index < -0.39 is 28.7 Å². The molecule has 1 saturated heterocycles. The van der Waals surface area contributed by atoms with Crippen LogP contribution in [0, 0.1) is 0 Å². The number of ether oxygens (including phenoxy) is 3. The minimum atomic E-state index is -1.35. The quantitative estimate of drug-likeness (QED) is 0.287. The van der Waals surface area contributed by atoms with E-state index in [1.165, 1.54) is 67.5 Å². The lowest BCUT2D eigenvalue weighted by Crippen LogP contribution is -2.54. The van der Waals surface area contributed by atoms with Crippen molar-refractivity contribution in [2.24, 2.45) is 0 Å². The molecule has 2 heterocycles. The fraction of sp³-hybridized carbons (Fsp3) is 0.231. The molecule has 0 aliphatic carbocycles. The van der Waals surface area contributed by atoms with Gasteiger partial charge in [-0.1, -0.05) is 30.3 Å². The van der Waals surface area contributed by atoms with Crippen molar-refractivity contribution in [3.63, 3.8) is 0 Å². The summed E-state index contributed by atoms with van der Waals surface area (Å²) >= 11 is 6.04. The molecule has 0 saturated carbocycles. The fourth-order valence-electron chi connectivity index (χ4n) is 4.33. The van der Waals surface area contributed by atoms with Gasteiger partial charge in [-0.25, -0.2) is 9.59 Å². The summed E-state index contributed by atoms with van der Waals surface area (Å²) in [7, 11) is 3.75. The van der Waals surface area contributed by atoms with E-state index in [4.69, 9.17) is 14.2 Å². The zero-order valence-electron chi connectivity index (χ0n) is 20.1. The molecule has 192 valence electrons. The second-order valence-corrected chi connectivity index (χ2v) is 11.7. The molecule has 3 aromatic rings. The fourth-order valence-corrected chi connectivity index (χ4v) is 7.38. The van der Waals surface area contributed by atoms with Crippen LogP contribution in [-0.2, 0) is 28.5 Å². The van der Waals surface area contributed by atoms with Crippen molar-refractivity contribution >= 4 is 68.5 Å². The van der Waals surface area contributed by atoms with E-state index in [0.717, 1.165) is 3.79 Å². The van der Waals surface area contributed by atoms with Crippen LogP contribution in [0.5, 0.6) is 0 Å². The molecule has 1 aliphatic rings. The van der Waals surface area contributed by atoms with Crippen LogP contribution in [0.3, 0.4) is 0 Å². The van der Waals surface area contributed by atoms with Crippen LogP contribution in [0.1, 0.15) is 37.2 Å². The Morgan fingerprint density at radius 1 is 0.919 bits per heavy atom. The van der Waals surface area contributed by atoms with Crippen molar-refractivity contribution in [2.75, 3.05) is 32.0 Å². The first-order valence-electron chi connectivity index (χ1n) is 10.9. The summed E-state index contributed by atoms with van der Waals surface area (Å²) in [6.07, 6.45) is 0. The summed E-state index contributed by atoms with van der Waals surface area (Å²) in [5, 5.41) is 0. The van der Waals surface area contributed by atoms with E-state index in [-0.39, 0.29) is 28.5 Å². The third-order valence-electron chi connectivity index (χ3n) is 5.93. The van der Waals surface area contributed by atoms with Crippen molar-refractivity contribution < 1.29 is 33.4 Å². The van der Waals surface area contributed by atoms with Gasteiger partial charge in [-0.05, 0) is 51.8 Å². The molecule has 1 fully saturated rings. The Morgan fingerprint density at radius 2 is 1.54 bits per heavy atom. The van der Waals surface area contributed by atoms with Crippen LogP contribution >= 0.6 is 39.0 Å². The van der Waals surface area contributed by atoms with E-state index in [0.29, 0.717) is 10.4 Å². The molecule has 0 radical (unpaired) electrons. The molecule has 2 atom stereocenters. The highest BCUT2D eigenvalue weighted by Crippen LogP contribution is 2.56. The number of amides is 1. The van der Waals surface area contributed by atoms with Crippen LogP contribution in [0.2, 0.25) is 0 Å². The van der Waals surface area contributed by atoms with Crippen LogP contribution in [0.15, 0.2) is 64.5 Å². The Labute approximate surface area is 230 Å². The molecule has 0 bridgehead atoms. The van der Waals surface area contributed by atoms with E-state index in [1.807, 2.05) is 42.5 Å². The van der Waals surface area contributed by atoms with Gasteiger partial charge in [-0.3, -0.25) is 9.59 Å². The summed E-state index contributed by atoms with van der Waals surface area (Å²) in [4.78, 5) is 54.4. The van der Waals surface area contributed by atoms with Gasteiger partial charge in [0.05, 0.1) is 42.0 Å². The van der Waals surface area contributed by atoms with Gasteiger partial charge in [0.2, 0.25) is 5.91 Å². The van der Waals surface area contributed by atoms with Crippen LogP contribution in [0.4, 0.5) is 5.69 Å². The first-order chi connectivity index (χ1) is 17.8. The third kappa shape index (κ3) is 4.90. The van der Waals surface area contributed by atoms with Gasteiger partial charge in [0.15, 0.2) is 4.75 Å². The average Bonchev–Trinajstić information content (AvgIpc) is 3.37. The summed E-state index contributed by atoms with van der Waals surface area (Å²) in [5.74, 6) is -2.28. The number of nitrogens with zero attached hydrogens (tertiary/aromatic N) is 1. The summed E-state index contributed by atoms with van der Waals surface area (Å²) in [6.45, 7) is 0. The summed E-state index contributed by atoms with van der Waals surface area (Å²) in [6, 6.07) is 16.2. The third-order valence-corrected chi connectivity index (χ3v) is 9.08. The molecule has 1 aromatic heterocycles. The summed E-state index contributed by atoms with van der Waals surface area (Å²) in [5.41, 5.74) is 1.00. The first kappa shape index (κ1) is 26.9. The van der Waals surface area contributed by atoms with Gasteiger partial charge in [0.1, 0.15) is 6.04 Å². The van der Waals surface area contributed by atoms with E-state index in [9.17, 15) is 19.2 Å². The zero-order valence-corrected chi connectivity index (χ0v) is 23.3. The van der Waals surface area contributed by atoms with E-state index in [2.05, 4.69) is 15.9 Å². The second kappa shape index (κ2) is 11.1. The Morgan fingerprint density at radius 3 is 2.05 bits per heavy atom. The highest BCUT2D eigenvalue weighted by atomic mass is 79.9. The van der Waals surface area contributed by atoms with Crippen LogP contribution < -0.4 is 4.90 Å². The normalized spacial score (nSPS) is 19.3. The summed E-state index contributed by atoms with van der Waals surface area (Å²) < 4.78 is 14.5. The van der Waals surface area contributed by atoms with Gasteiger partial charge in [0, 0.05) is 10.6 Å². The van der Waals surface area contributed by atoms with Crippen LogP contribution in [-0.4, -0.2) is 50.9 Å². The molecule has 2 unspecified atom stereocenters. The molecule has 37 heavy (non-hydrogen) atoms. The number of halogens is 1. The van der Waals surface area contributed by atoms with Crippen LogP contribution in [0.25, 0.3) is 0 Å². The maximum absolute atomic E-state index is 13.7. The van der Waals surface area contributed by atoms with E-state index >= 15 is 0 Å². The topological polar surface area (TPSA) is 99.2 Å². The number of hydrogen-bond acceptors (Lipinski definition) is 9. The Balaban J connectivity index is 2.04. The molecule has 1 aliphatic heterocycles. The monoisotopic (exact) mass is 603 g/mol. The lowest BCUT2D eigenvalue weighted by Gasteiger charge is -2.47. The molecule has 0 spiro atoms. The second-order valence-electron chi connectivity index (χ2n) is 7.94. The number of esters is 3. The van der Waals surface area contributed by atoms with Crippen molar-refractivity contribution in [2.45, 2.75) is 10.8 Å². The SMILES string of the molecule is COC(=O)c1cc(C(=O)OC)cc(N2C(=O)CSC(C(=O)OC)(c3ccccc3)C2c2ccc(Br)s2)c1. The number of hydrogen-bond donors (Lipinski definition) is 0. The molecule has 4 rings (SSSR count). The van der Waals surface area contributed by atoms with Crippen molar-refractivity contribution in [3.8, 4) is 0 Å². The highest BCUT2D eigenvalue weighted by Gasteiger charge is 2.57. The average molecular weight is 605 g/mol. The minimum Gasteiger partial charge on any atom is -0.468 e. The number of thiophene rings is 1. The molecule has 8 nitrogen and oxygen atoms in total. The lowest BCUT2D eigenvalue weighted by atomic mass is 9.87. The Kier molecular flexibility index (Phi) is 8.05. The minimum absolute atomic E-state index is 0.0525. The molecule has 11 heteroatoms. The smallest absolute Gasteiger partial charge is 0.337 e. The number of carbonyl (C=O) groups excluding carboxylic acids is 4. The van der Waals surface area contributed by atoms with Gasteiger partial charge in [-0.15, -0.1) is 23.1 Å². The lowest BCUT2D eigenvalue weighted by molar-refractivity contribution is -0.144. The van der Waals surface area contributed by atoms with Gasteiger partial charge < -0.3 is 19.1 Å². The number of benzene rings is 2. The molecule has 2 aromatic carbocycles. The Hall–Kier alpha value is -3.15. The molecular weight excluding hydrogens is 582 g/mol. The predicted octanol–water partition coefficient (Wildman–Crippen LogP) is 4.97. The number of thioether (sulfide) groups is 1. The maximum Gasteiger partial charge on any atom is 0.337 e. The number of anilines is 1. The van der Waals surface area contributed by atoms with Gasteiger partial charge in [0.25, 0.3) is 0 Å². The first-order valence-corrected chi connectivity index (χ1v) is 13.5. The van der Waals surface area contributed by atoms with Crippen molar-refractivity contribution in [3.05, 3.63) is 86.0 Å². The van der Waals surface area contributed by atoms with Gasteiger partial charge in [-0.2, -0.15) is 0 Å². The van der Waals surface area contributed by atoms with Crippen molar-refractivity contribution in [1.82, 2.24) is 0 Å². The van der Waals surface area contributed by atoms with E-state index in [1.54, 1.807) is 0 Å². The largest absolute Gasteiger partial charge is 0.468 e. The Bertz CT molecular complexity index is 1330. The molecular formula is C26H22BrNO7S2. The maximum atomic E-state index is 13.7. The zero-order chi connectivity index (χ0) is 26.7. The van der Waals surface area contributed by atoms with Crippen molar-refractivity contribution in [1.29, 1.82) is 0 Å². The molecule has 0 N–H and O–H groups in total. The van der Waals surface area contributed by atoms with Gasteiger partial charge >= 0.3 is 17.9 Å². The standard InChI is InChI=1S/C26H22BrNO7S2/c1-33-23(30)15-11-16(24(31)34-2)13-18(12-15)28-21(29)14-36-26(25(32)35-3,17-7-5-4-6-8-17)22(28)19-9-10-20(27)37-19/h4-13,22H,14H2,1-3H3. The number of rotatable bonds is 6. The predicted molar refractivity (Wildman–Crippen MR) is 144 cm³/mol.